The van der Waals surface area contributed by atoms with Crippen molar-refractivity contribution in [3.63, 3.8) is 0 Å². The van der Waals surface area contributed by atoms with Gasteiger partial charge in [-0.25, -0.2) is 4.39 Å². The second-order valence-electron chi connectivity index (χ2n) is 6.06. The van der Waals surface area contributed by atoms with Crippen LogP contribution in [0.1, 0.15) is 37.3 Å². The highest BCUT2D eigenvalue weighted by molar-refractivity contribution is 5.29. The zero-order chi connectivity index (χ0) is 17.7. The van der Waals surface area contributed by atoms with Gasteiger partial charge in [0, 0.05) is 19.8 Å². The molecule has 0 aliphatic rings. The van der Waals surface area contributed by atoms with Crippen molar-refractivity contribution in [2.24, 2.45) is 0 Å². The van der Waals surface area contributed by atoms with E-state index in [2.05, 4.69) is 18.3 Å². The van der Waals surface area contributed by atoms with E-state index in [9.17, 15) is 4.39 Å². The highest BCUT2D eigenvalue weighted by atomic mass is 19.1. The molecule has 0 amide bonds. The molecule has 4 heteroatoms. The third-order valence-corrected chi connectivity index (χ3v) is 3.83. The van der Waals surface area contributed by atoms with Gasteiger partial charge in [0.25, 0.3) is 0 Å². The maximum Gasteiger partial charge on any atom is 0.123 e. The monoisotopic (exact) mass is 345 g/mol. The lowest BCUT2D eigenvalue weighted by Crippen LogP contribution is -2.16. The van der Waals surface area contributed by atoms with Gasteiger partial charge in [-0.1, -0.05) is 37.6 Å². The van der Waals surface area contributed by atoms with Crippen molar-refractivity contribution < 1.29 is 13.9 Å². The number of hydrogen-bond donors (Lipinski definition) is 1. The summed E-state index contributed by atoms with van der Waals surface area (Å²) in [5.74, 6) is 0.596. The Morgan fingerprint density at radius 2 is 1.76 bits per heavy atom. The lowest BCUT2D eigenvalue weighted by atomic mass is 10.2. The van der Waals surface area contributed by atoms with Gasteiger partial charge in [-0.15, -0.1) is 0 Å². The molecule has 0 radical (unpaired) electrons. The summed E-state index contributed by atoms with van der Waals surface area (Å²) >= 11 is 0. The van der Waals surface area contributed by atoms with Crippen LogP contribution in [-0.4, -0.2) is 19.8 Å². The van der Waals surface area contributed by atoms with Gasteiger partial charge < -0.3 is 14.8 Å². The summed E-state index contributed by atoms with van der Waals surface area (Å²) in [6.07, 6.45) is 3.33. The van der Waals surface area contributed by atoms with Crippen LogP contribution in [0.4, 0.5) is 4.39 Å². The van der Waals surface area contributed by atoms with Gasteiger partial charge >= 0.3 is 0 Å². The van der Waals surface area contributed by atoms with Crippen LogP contribution in [0.3, 0.4) is 0 Å². The van der Waals surface area contributed by atoms with Crippen LogP contribution in [0, 0.1) is 5.82 Å². The van der Waals surface area contributed by atoms with Gasteiger partial charge in [0.2, 0.25) is 0 Å². The number of hydrogen-bond acceptors (Lipinski definition) is 3. The first-order chi connectivity index (χ1) is 12.3. The first kappa shape index (κ1) is 19.4. The molecule has 0 atom stereocenters. The molecule has 2 aromatic rings. The topological polar surface area (TPSA) is 30.5 Å². The number of rotatable bonds is 12. The molecule has 0 saturated heterocycles. The predicted molar refractivity (Wildman–Crippen MR) is 99.2 cm³/mol. The summed E-state index contributed by atoms with van der Waals surface area (Å²) in [6, 6.07) is 14.4. The average Bonchev–Trinajstić information content (AvgIpc) is 2.64. The van der Waals surface area contributed by atoms with Gasteiger partial charge in [-0.05, 0) is 54.8 Å². The van der Waals surface area contributed by atoms with E-state index >= 15 is 0 Å². The zero-order valence-electron chi connectivity index (χ0n) is 15.0. The van der Waals surface area contributed by atoms with E-state index in [0.717, 1.165) is 50.5 Å². The van der Waals surface area contributed by atoms with Crippen LogP contribution >= 0.6 is 0 Å². The molecule has 0 unspecified atom stereocenters. The van der Waals surface area contributed by atoms with Crippen LogP contribution in [-0.2, 0) is 17.9 Å². The fourth-order valence-electron chi connectivity index (χ4n) is 2.37. The summed E-state index contributed by atoms with van der Waals surface area (Å²) in [6.45, 7) is 6.03. The van der Waals surface area contributed by atoms with Crippen LogP contribution < -0.4 is 10.1 Å². The Hall–Kier alpha value is -1.91. The molecule has 2 rings (SSSR count). The van der Waals surface area contributed by atoms with Crippen molar-refractivity contribution in [1.82, 2.24) is 5.32 Å². The van der Waals surface area contributed by atoms with Gasteiger partial charge in [-0.2, -0.15) is 0 Å². The lowest BCUT2D eigenvalue weighted by molar-refractivity contribution is 0.129. The molecule has 0 fully saturated rings. The molecule has 0 spiro atoms. The molecular formula is C21H28FNO2. The number of nitrogens with one attached hydrogen (secondary N) is 1. The second-order valence-corrected chi connectivity index (χ2v) is 6.06. The highest BCUT2D eigenvalue weighted by Gasteiger charge is 1.99. The average molecular weight is 345 g/mol. The fraction of sp³-hybridized carbons (Fsp3) is 0.429. The summed E-state index contributed by atoms with van der Waals surface area (Å²) in [5.41, 5.74) is 2.14. The zero-order valence-corrected chi connectivity index (χ0v) is 15.0. The first-order valence-corrected chi connectivity index (χ1v) is 9.02. The quantitative estimate of drug-likeness (QED) is 0.566. The number of halogens is 1. The molecule has 0 aromatic heterocycles. The van der Waals surface area contributed by atoms with Gasteiger partial charge in [0.1, 0.15) is 18.2 Å². The minimum atomic E-state index is -0.229. The van der Waals surface area contributed by atoms with E-state index in [1.165, 1.54) is 24.1 Å². The summed E-state index contributed by atoms with van der Waals surface area (Å²) in [4.78, 5) is 0. The van der Waals surface area contributed by atoms with E-state index in [4.69, 9.17) is 9.47 Å². The van der Waals surface area contributed by atoms with E-state index in [0.29, 0.717) is 6.61 Å². The Labute approximate surface area is 150 Å². The normalized spacial score (nSPS) is 10.8. The smallest absolute Gasteiger partial charge is 0.123 e. The number of ether oxygens (including phenoxy) is 2. The maximum absolute atomic E-state index is 12.9. The molecule has 0 bridgehead atoms. The minimum absolute atomic E-state index is 0.229. The van der Waals surface area contributed by atoms with Crippen molar-refractivity contribution in [3.8, 4) is 5.75 Å². The Morgan fingerprint density at radius 3 is 2.56 bits per heavy atom. The molecule has 2 aromatic carbocycles. The highest BCUT2D eigenvalue weighted by Crippen LogP contribution is 2.15. The third kappa shape index (κ3) is 8.14. The number of benzene rings is 2. The molecule has 0 saturated carbocycles. The summed E-state index contributed by atoms with van der Waals surface area (Å²) in [5, 5.41) is 3.42. The van der Waals surface area contributed by atoms with Crippen LogP contribution in [0.25, 0.3) is 0 Å². The summed E-state index contributed by atoms with van der Waals surface area (Å²) < 4.78 is 24.2. The Morgan fingerprint density at radius 1 is 0.960 bits per heavy atom. The van der Waals surface area contributed by atoms with Gasteiger partial charge in [0.05, 0.1) is 0 Å². The van der Waals surface area contributed by atoms with E-state index < -0.39 is 0 Å². The Balaban J connectivity index is 1.65. The molecular weight excluding hydrogens is 317 g/mol. The third-order valence-electron chi connectivity index (χ3n) is 3.83. The fourth-order valence-corrected chi connectivity index (χ4v) is 2.37. The van der Waals surface area contributed by atoms with Crippen molar-refractivity contribution in [2.45, 2.75) is 39.3 Å². The molecule has 0 aliphatic carbocycles. The standard InChI is InChI=1S/C21H28FNO2/c1-2-3-13-24-14-5-12-23-16-19-6-4-7-21(15-19)25-17-18-8-10-20(22)11-9-18/h4,6-11,15,23H,2-3,5,12-14,16-17H2,1H3. The molecule has 1 N–H and O–H groups in total. The molecule has 3 nitrogen and oxygen atoms in total. The van der Waals surface area contributed by atoms with Gasteiger partial charge in [-0.3, -0.25) is 0 Å². The van der Waals surface area contributed by atoms with Crippen molar-refractivity contribution in [1.29, 1.82) is 0 Å². The summed E-state index contributed by atoms with van der Waals surface area (Å²) in [7, 11) is 0. The molecule has 136 valence electrons. The van der Waals surface area contributed by atoms with Crippen molar-refractivity contribution >= 4 is 0 Å². The van der Waals surface area contributed by atoms with E-state index in [1.54, 1.807) is 12.1 Å². The van der Waals surface area contributed by atoms with Crippen molar-refractivity contribution in [3.05, 3.63) is 65.5 Å². The SMILES string of the molecule is CCCCOCCCNCc1cccc(OCc2ccc(F)cc2)c1. The second kappa shape index (κ2) is 11.6. The van der Waals surface area contributed by atoms with E-state index in [1.807, 2.05) is 18.2 Å². The molecule has 0 heterocycles. The van der Waals surface area contributed by atoms with Gasteiger partial charge in [0.15, 0.2) is 0 Å². The van der Waals surface area contributed by atoms with Crippen molar-refractivity contribution in [2.75, 3.05) is 19.8 Å². The Bertz CT molecular complexity index is 601. The van der Waals surface area contributed by atoms with E-state index in [-0.39, 0.29) is 5.82 Å². The predicted octanol–water partition coefficient (Wildman–Crippen LogP) is 4.70. The van der Waals surface area contributed by atoms with Crippen LogP contribution in [0.2, 0.25) is 0 Å². The molecule has 25 heavy (non-hydrogen) atoms. The first-order valence-electron chi connectivity index (χ1n) is 9.02. The largest absolute Gasteiger partial charge is 0.489 e. The maximum atomic E-state index is 12.9. The number of unbranched alkanes of at least 4 members (excludes halogenated alkanes) is 1. The molecule has 0 aliphatic heterocycles. The lowest BCUT2D eigenvalue weighted by Gasteiger charge is -2.09. The van der Waals surface area contributed by atoms with Crippen LogP contribution in [0.15, 0.2) is 48.5 Å². The minimum Gasteiger partial charge on any atom is -0.489 e. The Kier molecular flexibility index (Phi) is 9.02. The van der Waals surface area contributed by atoms with Crippen LogP contribution in [0.5, 0.6) is 5.75 Å².